The molecule has 6 nitrogen and oxygen atoms in total. The quantitative estimate of drug-likeness (QED) is 0.187. The fourth-order valence-electron chi connectivity index (χ4n) is 3.67. The smallest absolute Gasteiger partial charge is 0.421 e. The van der Waals surface area contributed by atoms with E-state index in [0.29, 0.717) is 0 Å². The third-order valence-electron chi connectivity index (χ3n) is 5.37. The Bertz CT molecular complexity index is 1520. The molecule has 0 fully saturated rings. The van der Waals surface area contributed by atoms with Gasteiger partial charge in [0.25, 0.3) is 0 Å². The molecule has 0 aliphatic carbocycles. The SMILES string of the molecule is Nc1cccc(Oc2cccc(S(=O)(=O)c3cccc(Oc4cccc(N)c4C(F)(F)F)c3)c2)c1C(F)(F)F. The normalized spacial score (nSPS) is 12.3. The highest BCUT2D eigenvalue weighted by Gasteiger charge is 2.38. The first-order valence-corrected chi connectivity index (χ1v) is 12.4. The van der Waals surface area contributed by atoms with Crippen LogP contribution in [0.2, 0.25) is 0 Å². The molecular formula is C26H18F6N2O4S. The van der Waals surface area contributed by atoms with Crippen LogP contribution in [-0.4, -0.2) is 8.42 Å². The molecule has 0 aliphatic rings. The maximum absolute atomic E-state index is 13.5. The summed E-state index contributed by atoms with van der Waals surface area (Å²) in [4.78, 5) is -0.705. The zero-order valence-electron chi connectivity index (χ0n) is 19.5. The lowest BCUT2D eigenvalue weighted by Gasteiger charge is -2.16. The van der Waals surface area contributed by atoms with Gasteiger partial charge in [0.1, 0.15) is 34.1 Å². The molecule has 0 atom stereocenters. The van der Waals surface area contributed by atoms with Gasteiger partial charge in [0.05, 0.1) is 9.79 Å². The van der Waals surface area contributed by atoms with E-state index in [2.05, 4.69) is 0 Å². The second-order valence-corrected chi connectivity index (χ2v) is 10.0. The van der Waals surface area contributed by atoms with Crippen molar-refractivity contribution in [1.29, 1.82) is 0 Å². The summed E-state index contributed by atoms with van der Waals surface area (Å²) >= 11 is 0. The molecule has 0 saturated heterocycles. The van der Waals surface area contributed by atoms with E-state index in [-0.39, 0.29) is 21.3 Å². The fourth-order valence-corrected chi connectivity index (χ4v) is 5.00. The van der Waals surface area contributed by atoms with Gasteiger partial charge >= 0.3 is 12.4 Å². The molecule has 204 valence electrons. The second kappa shape index (κ2) is 10.1. The summed E-state index contributed by atoms with van der Waals surface area (Å²) in [5, 5.41) is 0. The molecule has 4 N–H and O–H groups in total. The number of alkyl halides is 6. The molecule has 0 unspecified atom stereocenters. The minimum Gasteiger partial charge on any atom is -0.457 e. The van der Waals surface area contributed by atoms with Crippen LogP contribution in [0.1, 0.15) is 11.1 Å². The zero-order chi connectivity index (χ0) is 28.6. The number of nitrogen functional groups attached to an aromatic ring is 2. The first kappa shape index (κ1) is 27.6. The van der Waals surface area contributed by atoms with E-state index >= 15 is 0 Å². The Labute approximate surface area is 218 Å². The van der Waals surface area contributed by atoms with Crippen LogP contribution in [0.25, 0.3) is 0 Å². The number of rotatable bonds is 6. The minimum absolute atomic E-state index is 0.228. The number of hydrogen-bond acceptors (Lipinski definition) is 6. The summed E-state index contributed by atoms with van der Waals surface area (Å²) in [7, 11) is -4.32. The topological polar surface area (TPSA) is 105 Å². The van der Waals surface area contributed by atoms with E-state index in [4.69, 9.17) is 20.9 Å². The van der Waals surface area contributed by atoms with Crippen LogP contribution in [0.3, 0.4) is 0 Å². The van der Waals surface area contributed by atoms with Crippen LogP contribution in [0.5, 0.6) is 23.0 Å². The predicted molar refractivity (Wildman–Crippen MR) is 130 cm³/mol. The van der Waals surface area contributed by atoms with Gasteiger partial charge < -0.3 is 20.9 Å². The minimum atomic E-state index is -4.83. The van der Waals surface area contributed by atoms with E-state index in [1.54, 1.807) is 0 Å². The van der Waals surface area contributed by atoms with Gasteiger partial charge in [-0.25, -0.2) is 8.42 Å². The third-order valence-corrected chi connectivity index (χ3v) is 7.12. The van der Waals surface area contributed by atoms with E-state index in [1.807, 2.05) is 0 Å². The molecule has 0 heterocycles. The van der Waals surface area contributed by atoms with E-state index < -0.39 is 56.2 Å². The van der Waals surface area contributed by atoms with Crippen LogP contribution >= 0.6 is 0 Å². The number of sulfone groups is 1. The van der Waals surface area contributed by atoms with Crippen molar-refractivity contribution in [3.63, 3.8) is 0 Å². The summed E-state index contributed by atoms with van der Waals surface area (Å²) < 4.78 is 118. The average molecular weight is 568 g/mol. The standard InChI is InChI=1S/C26H18F6N2O4S/c27-25(28,29)23-19(33)9-3-11-21(23)37-15-5-1-7-17(13-15)39(35,36)18-8-2-6-16(14-18)38-22-12-4-10-20(34)24(22)26(30,31)32/h1-14H,33-34H2. The van der Waals surface area contributed by atoms with Gasteiger partial charge in [0.15, 0.2) is 0 Å². The Morgan fingerprint density at radius 2 is 0.923 bits per heavy atom. The van der Waals surface area contributed by atoms with E-state index in [9.17, 15) is 34.8 Å². The summed E-state index contributed by atoms with van der Waals surface area (Å²) in [6, 6.07) is 16.0. The summed E-state index contributed by atoms with van der Waals surface area (Å²) in [5.74, 6) is -1.71. The number of anilines is 2. The number of halogens is 6. The van der Waals surface area contributed by atoms with Crippen molar-refractivity contribution in [2.75, 3.05) is 11.5 Å². The Morgan fingerprint density at radius 3 is 1.28 bits per heavy atom. The van der Waals surface area contributed by atoms with Crippen LogP contribution in [0.15, 0.2) is 94.7 Å². The Kier molecular flexibility index (Phi) is 7.13. The molecule has 4 aromatic rings. The van der Waals surface area contributed by atoms with Gasteiger partial charge in [-0.15, -0.1) is 0 Å². The molecule has 0 aromatic heterocycles. The summed E-state index contributed by atoms with van der Waals surface area (Å²) in [6.45, 7) is 0. The van der Waals surface area contributed by atoms with Crippen molar-refractivity contribution >= 4 is 21.2 Å². The predicted octanol–water partition coefficient (Wildman–Crippen LogP) is 7.31. The highest BCUT2D eigenvalue weighted by atomic mass is 32.2. The van der Waals surface area contributed by atoms with Crippen molar-refractivity contribution in [3.05, 3.63) is 96.1 Å². The lowest BCUT2D eigenvalue weighted by atomic mass is 10.1. The molecule has 4 aromatic carbocycles. The first-order valence-electron chi connectivity index (χ1n) is 10.9. The molecule has 0 radical (unpaired) electrons. The monoisotopic (exact) mass is 568 g/mol. The number of benzene rings is 4. The molecule has 0 bridgehead atoms. The van der Waals surface area contributed by atoms with E-state index in [1.165, 1.54) is 48.5 Å². The molecule has 0 saturated carbocycles. The number of ether oxygens (including phenoxy) is 2. The molecule has 39 heavy (non-hydrogen) atoms. The van der Waals surface area contributed by atoms with Gasteiger partial charge in [-0.05, 0) is 60.7 Å². The van der Waals surface area contributed by atoms with Gasteiger partial charge in [0.2, 0.25) is 9.84 Å². The molecule has 13 heteroatoms. The number of hydrogen-bond donors (Lipinski definition) is 2. The second-order valence-electron chi connectivity index (χ2n) is 8.09. The van der Waals surface area contributed by atoms with Crippen molar-refractivity contribution in [2.24, 2.45) is 0 Å². The molecular weight excluding hydrogens is 550 g/mol. The summed E-state index contributed by atoms with van der Waals surface area (Å²) in [5.41, 5.74) is 7.35. The van der Waals surface area contributed by atoms with Crippen LogP contribution in [0, 0.1) is 0 Å². The zero-order valence-corrected chi connectivity index (χ0v) is 20.4. The number of nitrogens with two attached hydrogens (primary N) is 2. The lowest BCUT2D eigenvalue weighted by Crippen LogP contribution is -2.11. The molecule has 0 spiro atoms. The maximum Gasteiger partial charge on any atom is 0.421 e. The summed E-state index contributed by atoms with van der Waals surface area (Å²) in [6.07, 6.45) is -9.67. The molecule has 0 aliphatic heterocycles. The Morgan fingerprint density at radius 1 is 0.564 bits per heavy atom. The Hall–Kier alpha value is -4.39. The van der Waals surface area contributed by atoms with Crippen molar-refractivity contribution in [3.8, 4) is 23.0 Å². The van der Waals surface area contributed by atoms with Crippen LogP contribution in [0.4, 0.5) is 37.7 Å². The molecule has 4 rings (SSSR count). The van der Waals surface area contributed by atoms with Gasteiger partial charge in [0, 0.05) is 11.4 Å². The highest BCUT2D eigenvalue weighted by molar-refractivity contribution is 7.91. The van der Waals surface area contributed by atoms with Gasteiger partial charge in [-0.1, -0.05) is 24.3 Å². The highest BCUT2D eigenvalue weighted by Crippen LogP contribution is 2.43. The van der Waals surface area contributed by atoms with Crippen molar-refractivity contribution in [1.82, 2.24) is 0 Å². The third kappa shape index (κ3) is 5.87. The van der Waals surface area contributed by atoms with Crippen molar-refractivity contribution in [2.45, 2.75) is 22.1 Å². The Balaban J connectivity index is 1.67. The van der Waals surface area contributed by atoms with Crippen LogP contribution < -0.4 is 20.9 Å². The van der Waals surface area contributed by atoms with Gasteiger partial charge in [-0.3, -0.25) is 0 Å². The van der Waals surface area contributed by atoms with E-state index in [0.717, 1.165) is 36.4 Å². The van der Waals surface area contributed by atoms with Crippen LogP contribution in [-0.2, 0) is 22.2 Å². The van der Waals surface area contributed by atoms with Crippen molar-refractivity contribution < 1.29 is 44.2 Å². The average Bonchev–Trinajstić information content (AvgIpc) is 2.83. The fraction of sp³-hybridized carbons (Fsp3) is 0.0769. The molecule has 0 amide bonds. The first-order chi connectivity index (χ1) is 18.2. The lowest BCUT2D eigenvalue weighted by molar-refractivity contribution is -0.138. The maximum atomic E-state index is 13.5. The largest absolute Gasteiger partial charge is 0.457 e. The van der Waals surface area contributed by atoms with Gasteiger partial charge in [-0.2, -0.15) is 26.3 Å².